The summed E-state index contributed by atoms with van der Waals surface area (Å²) < 4.78 is 0. The van der Waals surface area contributed by atoms with E-state index < -0.39 is 0 Å². The van der Waals surface area contributed by atoms with Gasteiger partial charge < -0.3 is 4.90 Å². The van der Waals surface area contributed by atoms with Gasteiger partial charge >= 0.3 is 0 Å². The van der Waals surface area contributed by atoms with Crippen molar-refractivity contribution in [3.63, 3.8) is 0 Å². The average molecular weight is 470 g/mol. The van der Waals surface area contributed by atoms with Gasteiger partial charge in [0.2, 0.25) is 0 Å². The number of hydrogen-bond donors (Lipinski definition) is 0. The van der Waals surface area contributed by atoms with E-state index >= 15 is 0 Å². The van der Waals surface area contributed by atoms with Gasteiger partial charge in [-0.05, 0) is 72.6 Å². The Morgan fingerprint density at radius 2 is 1.42 bits per heavy atom. The maximum Gasteiger partial charge on any atom is 0.0978 e. The summed E-state index contributed by atoms with van der Waals surface area (Å²) in [5.41, 5.74) is 9.40. The third kappa shape index (κ3) is 3.74. The molecule has 5 aromatic rings. The summed E-state index contributed by atoms with van der Waals surface area (Å²) in [7, 11) is 0. The Balaban J connectivity index is 1.44. The van der Waals surface area contributed by atoms with Crippen LogP contribution in [0.1, 0.15) is 50.0 Å². The molecule has 2 fully saturated rings. The van der Waals surface area contributed by atoms with Gasteiger partial charge in [0.05, 0.1) is 16.7 Å². The Morgan fingerprint density at radius 1 is 0.667 bits per heavy atom. The van der Waals surface area contributed by atoms with Crippen molar-refractivity contribution in [1.29, 1.82) is 0 Å². The smallest absolute Gasteiger partial charge is 0.0978 e. The number of anilines is 1. The number of nitrogens with zero attached hydrogens (tertiary/aromatic N) is 3. The fraction of sp³-hybridized carbons (Fsp3) is 0.273. The van der Waals surface area contributed by atoms with Crippen molar-refractivity contribution in [3.8, 4) is 22.4 Å². The highest BCUT2D eigenvalue weighted by molar-refractivity contribution is 6.10. The maximum atomic E-state index is 5.24. The standard InChI is InChI=1S/C33H31N3/c1-2-10-25(11-3-1)31-22-30(24-12-14-26(15-13-24)36-20-6-7-21-36)29-17-16-28-27(23-8-4-5-9-23)18-19-34-32(28)33(29)35-31/h1-3,10-19,22-23H,4-9,20-21H2. The summed E-state index contributed by atoms with van der Waals surface area (Å²) in [6.45, 7) is 2.33. The Kier molecular flexibility index (Phi) is 5.42. The van der Waals surface area contributed by atoms with Crippen LogP contribution >= 0.6 is 0 Å². The molecule has 36 heavy (non-hydrogen) atoms. The summed E-state index contributed by atoms with van der Waals surface area (Å²) in [4.78, 5) is 12.6. The van der Waals surface area contributed by atoms with Gasteiger partial charge in [-0.3, -0.25) is 4.98 Å². The first kappa shape index (κ1) is 21.6. The fourth-order valence-electron chi connectivity index (χ4n) is 6.34. The first-order valence-corrected chi connectivity index (χ1v) is 13.5. The zero-order chi connectivity index (χ0) is 23.9. The topological polar surface area (TPSA) is 29.0 Å². The Hall–Kier alpha value is -3.72. The summed E-state index contributed by atoms with van der Waals surface area (Å²) in [5.74, 6) is 0.642. The van der Waals surface area contributed by atoms with Crippen molar-refractivity contribution < 1.29 is 0 Å². The molecule has 0 bridgehead atoms. The molecule has 7 rings (SSSR count). The number of rotatable bonds is 4. The molecule has 0 spiro atoms. The van der Waals surface area contributed by atoms with E-state index in [4.69, 9.17) is 9.97 Å². The van der Waals surface area contributed by atoms with E-state index in [1.807, 2.05) is 6.20 Å². The van der Waals surface area contributed by atoms with Crippen molar-refractivity contribution in [2.45, 2.75) is 44.4 Å². The predicted octanol–water partition coefficient (Wildman–Crippen LogP) is 8.37. The van der Waals surface area contributed by atoms with Gasteiger partial charge in [-0.15, -0.1) is 0 Å². The van der Waals surface area contributed by atoms with Gasteiger partial charge in [-0.2, -0.15) is 0 Å². The van der Waals surface area contributed by atoms with Crippen molar-refractivity contribution >= 4 is 27.5 Å². The first-order valence-electron chi connectivity index (χ1n) is 13.5. The molecule has 1 aliphatic heterocycles. The minimum atomic E-state index is 0.642. The lowest BCUT2D eigenvalue weighted by Gasteiger charge is -2.18. The van der Waals surface area contributed by atoms with Crippen LogP contribution in [0.5, 0.6) is 0 Å². The van der Waals surface area contributed by atoms with Crippen molar-refractivity contribution in [1.82, 2.24) is 9.97 Å². The number of pyridine rings is 2. The molecule has 3 nitrogen and oxygen atoms in total. The highest BCUT2D eigenvalue weighted by Gasteiger charge is 2.21. The van der Waals surface area contributed by atoms with Crippen LogP contribution in [-0.4, -0.2) is 23.1 Å². The van der Waals surface area contributed by atoms with Crippen molar-refractivity contribution in [3.05, 3.63) is 90.6 Å². The second-order valence-corrected chi connectivity index (χ2v) is 10.4. The van der Waals surface area contributed by atoms with Crippen LogP contribution in [0.2, 0.25) is 0 Å². The number of aromatic nitrogens is 2. The number of benzene rings is 3. The minimum absolute atomic E-state index is 0.642. The molecule has 2 aliphatic rings. The van der Waals surface area contributed by atoms with Gasteiger partial charge in [-0.25, -0.2) is 4.98 Å². The summed E-state index contributed by atoms with van der Waals surface area (Å²) in [5, 5.41) is 2.44. The molecule has 3 heteroatoms. The SMILES string of the molecule is c1ccc(-c2cc(-c3ccc(N4CCCC4)cc3)c3ccc4c(C5CCCC5)ccnc4c3n2)cc1. The van der Waals surface area contributed by atoms with Crippen LogP contribution < -0.4 is 4.90 Å². The van der Waals surface area contributed by atoms with Gasteiger partial charge in [0.25, 0.3) is 0 Å². The normalized spacial score (nSPS) is 16.4. The highest BCUT2D eigenvalue weighted by atomic mass is 15.1. The predicted molar refractivity (Wildman–Crippen MR) is 151 cm³/mol. The van der Waals surface area contributed by atoms with Crippen LogP contribution in [0.3, 0.4) is 0 Å². The lowest BCUT2D eigenvalue weighted by molar-refractivity contribution is 0.729. The van der Waals surface area contributed by atoms with Crippen molar-refractivity contribution in [2.24, 2.45) is 0 Å². The van der Waals surface area contributed by atoms with E-state index in [1.54, 1.807) is 0 Å². The third-order valence-corrected chi connectivity index (χ3v) is 8.24. The first-order chi connectivity index (χ1) is 17.8. The van der Waals surface area contributed by atoms with E-state index in [1.165, 1.54) is 71.7 Å². The van der Waals surface area contributed by atoms with Crippen LogP contribution in [0.25, 0.3) is 44.2 Å². The van der Waals surface area contributed by atoms with Crippen molar-refractivity contribution in [2.75, 3.05) is 18.0 Å². The van der Waals surface area contributed by atoms with E-state index in [2.05, 4.69) is 83.8 Å². The second-order valence-electron chi connectivity index (χ2n) is 10.4. The third-order valence-electron chi connectivity index (χ3n) is 8.24. The van der Waals surface area contributed by atoms with E-state index in [9.17, 15) is 0 Å². The van der Waals surface area contributed by atoms with Gasteiger partial charge in [0.1, 0.15) is 0 Å². The van der Waals surface area contributed by atoms with Gasteiger partial charge in [0, 0.05) is 41.3 Å². The van der Waals surface area contributed by atoms with Gasteiger partial charge in [-0.1, -0.05) is 67.4 Å². The van der Waals surface area contributed by atoms with E-state index in [0.717, 1.165) is 35.4 Å². The van der Waals surface area contributed by atoms with Gasteiger partial charge in [0.15, 0.2) is 0 Å². The molecule has 178 valence electrons. The lowest BCUT2D eigenvalue weighted by atomic mass is 9.92. The molecule has 0 radical (unpaired) electrons. The largest absolute Gasteiger partial charge is 0.372 e. The lowest BCUT2D eigenvalue weighted by Crippen LogP contribution is -2.17. The summed E-state index contributed by atoms with van der Waals surface area (Å²) in [6, 6.07) is 28.7. The Bertz CT molecular complexity index is 1530. The average Bonchev–Trinajstić information content (AvgIpc) is 3.68. The molecule has 3 aromatic carbocycles. The molecule has 2 aromatic heterocycles. The minimum Gasteiger partial charge on any atom is -0.372 e. The summed E-state index contributed by atoms with van der Waals surface area (Å²) >= 11 is 0. The molecular weight excluding hydrogens is 438 g/mol. The molecule has 1 aliphatic carbocycles. The molecule has 0 amide bonds. The van der Waals surface area contributed by atoms with Crippen LogP contribution in [0, 0.1) is 0 Å². The zero-order valence-corrected chi connectivity index (χ0v) is 20.7. The number of fused-ring (bicyclic) bond motifs is 3. The van der Waals surface area contributed by atoms with E-state index in [-0.39, 0.29) is 0 Å². The molecule has 1 saturated heterocycles. The Labute approximate surface area is 212 Å². The number of hydrogen-bond acceptors (Lipinski definition) is 3. The molecule has 0 atom stereocenters. The van der Waals surface area contributed by atoms with Crippen LogP contribution in [0.15, 0.2) is 85.1 Å². The van der Waals surface area contributed by atoms with E-state index in [0.29, 0.717) is 5.92 Å². The monoisotopic (exact) mass is 469 g/mol. The molecule has 0 unspecified atom stereocenters. The fourth-order valence-corrected chi connectivity index (χ4v) is 6.34. The highest BCUT2D eigenvalue weighted by Crippen LogP contribution is 2.40. The summed E-state index contributed by atoms with van der Waals surface area (Å²) in [6.07, 6.45) is 9.80. The molecular formula is C33H31N3. The quantitative estimate of drug-likeness (QED) is 0.248. The zero-order valence-electron chi connectivity index (χ0n) is 20.7. The Morgan fingerprint density at radius 3 is 2.19 bits per heavy atom. The van der Waals surface area contributed by atoms with Crippen LogP contribution in [0.4, 0.5) is 5.69 Å². The molecule has 1 saturated carbocycles. The molecule has 0 N–H and O–H groups in total. The molecule has 3 heterocycles. The maximum absolute atomic E-state index is 5.24. The second kappa shape index (κ2) is 9.05. The van der Waals surface area contributed by atoms with Crippen LogP contribution in [-0.2, 0) is 0 Å².